The molecule has 8 nitrogen and oxygen atoms in total. The van der Waals surface area contributed by atoms with Crippen LogP contribution in [0.2, 0.25) is 0 Å². The zero-order chi connectivity index (χ0) is 27.3. The van der Waals surface area contributed by atoms with E-state index in [1.165, 1.54) is 13.8 Å². The van der Waals surface area contributed by atoms with Crippen molar-refractivity contribution in [3.05, 3.63) is 59.7 Å². The van der Waals surface area contributed by atoms with Crippen molar-refractivity contribution in [3.63, 3.8) is 0 Å². The van der Waals surface area contributed by atoms with E-state index in [4.69, 9.17) is 9.47 Å². The van der Waals surface area contributed by atoms with E-state index in [1.54, 1.807) is 48.5 Å². The molecule has 0 bridgehead atoms. The van der Waals surface area contributed by atoms with Gasteiger partial charge in [-0.3, -0.25) is 9.59 Å². The second-order valence-electron chi connectivity index (χ2n) is 10.3. The van der Waals surface area contributed by atoms with Gasteiger partial charge >= 0.3 is 11.9 Å². The maximum absolute atomic E-state index is 13.2. The summed E-state index contributed by atoms with van der Waals surface area (Å²) in [4.78, 5) is 22.7. The summed E-state index contributed by atoms with van der Waals surface area (Å²) in [5.41, 5.74) is 1.49. The van der Waals surface area contributed by atoms with Gasteiger partial charge in [-0.15, -0.1) is 0 Å². The van der Waals surface area contributed by atoms with E-state index >= 15 is 0 Å². The van der Waals surface area contributed by atoms with Gasteiger partial charge in [0.15, 0.2) is 0 Å². The summed E-state index contributed by atoms with van der Waals surface area (Å²) in [7, 11) is -2.94. The van der Waals surface area contributed by atoms with Crippen LogP contribution in [0.4, 0.5) is 0 Å². The van der Waals surface area contributed by atoms with Crippen molar-refractivity contribution in [1.29, 1.82) is 0 Å². The molecule has 0 aliphatic heterocycles. The van der Waals surface area contributed by atoms with E-state index in [-0.39, 0.29) is 0 Å². The molecule has 0 saturated carbocycles. The molecule has 0 spiro atoms. The number of ether oxygens (including phenoxy) is 2. The summed E-state index contributed by atoms with van der Waals surface area (Å²) in [6.07, 6.45) is 0. The Morgan fingerprint density at radius 1 is 0.639 bits per heavy atom. The maximum Gasteiger partial charge on any atom is 0.308 e. The van der Waals surface area contributed by atoms with Crippen molar-refractivity contribution in [2.24, 2.45) is 0 Å². The molecule has 2 rings (SSSR count). The molecular weight excluding hydrogens is 500 g/mol. The molecular formula is C26H36N2O6S2. The van der Waals surface area contributed by atoms with E-state index in [9.17, 15) is 18.0 Å². The lowest BCUT2D eigenvalue weighted by atomic mass is 9.94. The average Bonchev–Trinajstić information content (AvgIpc) is 2.75. The van der Waals surface area contributed by atoms with E-state index in [2.05, 4.69) is 9.44 Å². The highest BCUT2D eigenvalue weighted by Gasteiger charge is 2.33. The van der Waals surface area contributed by atoms with Crippen LogP contribution in [-0.2, 0) is 31.6 Å². The zero-order valence-electron chi connectivity index (χ0n) is 22.0. The van der Waals surface area contributed by atoms with Gasteiger partial charge in [-0.05, 0) is 76.9 Å². The van der Waals surface area contributed by atoms with Gasteiger partial charge in [-0.1, -0.05) is 24.3 Å². The van der Waals surface area contributed by atoms with Crippen molar-refractivity contribution in [2.75, 3.05) is 0 Å². The summed E-state index contributed by atoms with van der Waals surface area (Å²) < 4.78 is 42.1. The van der Waals surface area contributed by atoms with Crippen LogP contribution in [-0.4, -0.2) is 29.9 Å². The zero-order valence-corrected chi connectivity index (χ0v) is 23.7. The van der Waals surface area contributed by atoms with Gasteiger partial charge in [0.25, 0.3) is 0 Å². The fraction of sp³-hybridized carbons (Fsp3) is 0.462. The average molecular weight is 537 g/mol. The Balaban J connectivity index is 2.59. The first-order valence-electron chi connectivity index (χ1n) is 11.5. The highest BCUT2D eigenvalue weighted by molar-refractivity contribution is 7.84. The highest BCUT2D eigenvalue weighted by atomic mass is 32.2. The quantitative estimate of drug-likeness (QED) is 0.363. The first-order valence-corrected chi connectivity index (χ1v) is 13.8. The second-order valence-corrected chi connectivity index (χ2v) is 14.3. The van der Waals surface area contributed by atoms with Gasteiger partial charge in [0, 0.05) is 13.8 Å². The van der Waals surface area contributed by atoms with Crippen LogP contribution in [0.25, 0.3) is 0 Å². The summed E-state index contributed by atoms with van der Waals surface area (Å²) in [6.45, 7) is 13.8. The van der Waals surface area contributed by atoms with Crippen LogP contribution >= 0.6 is 0 Å². The van der Waals surface area contributed by atoms with Gasteiger partial charge in [0.2, 0.25) is 0 Å². The lowest BCUT2D eigenvalue weighted by Gasteiger charge is -2.33. The Morgan fingerprint density at radius 2 is 0.917 bits per heavy atom. The van der Waals surface area contributed by atoms with Crippen LogP contribution in [0.5, 0.6) is 11.5 Å². The molecule has 198 valence electrons. The predicted molar refractivity (Wildman–Crippen MR) is 143 cm³/mol. The predicted octanol–water partition coefficient (Wildman–Crippen LogP) is 4.42. The van der Waals surface area contributed by atoms with Crippen molar-refractivity contribution in [2.45, 2.75) is 77.0 Å². The Hall–Kier alpha value is -2.40. The minimum absolute atomic E-state index is 0.385. The van der Waals surface area contributed by atoms with E-state index < -0.39 is 55.5 Å². The van der Waals surface area contributed by atoms with Crippen LogP contribution < -0.4 is 18.9 Å². The second kappa shape index (κ2) is 12.2. The fourth-order valence-electron chi connectivity index (χ4n) is 3.06. The van der Waals surface area contributed by atoms with Gasteiger partial charge in [-0.25, -0.2) is 17.9 Å². The molecule has 0 aliphatic rings. The summed E-state index contributed by atoms with van der Waals surface area (Å²) in [5, 5.41) is 0. The monoisotopic (exact) mass is 536 g/mol. The molecule has 0 saturated heterocycles. The molecule has 0 heterocycles. The van der Waals surface area contributed by atoms with E-state index in [0.717, 1.165) is 11.1 Å². The standard InChI is InChI=1S/C26H36N2O6S2/c1-17(29)33-21-13-9-19(10-14-21)23(27-35(31)25(3,4)5)24(28-36(32)26(6,7)8)20-11-15-22(16-12-20)34-18(2)30/h9-16,23-24,27-28H,1-8H3/t23-,24-,35?,36?/m0/s1. The molecule has 2 aromatic carbocycles. The smallest absolute Gasteiger partial charge is 0.308 e. The number of hydrogen-bond acceptors (Lipinski definition) is 6. The van der Waals surface area contributed by atoms with Crippen molar-refractivity contribution in [1.82, 2.24) is 9.44 Å². The van der Waals surface area contributed by atoms with Crippen molar-refractivity contribution < 1.29 is 27.5 Å². The normalized spacial score (nSPS) is 15.4. The maximum atomic E-state index is 13.2. The van der Waals surface area contributed by atoms with Gasteiger partial charge in [0.1, 0.15) is 11.5 Å². The number of hydrogen-bond donors (Lipinski definition) is 2. The summed E-state index contributed by atoms with van der Waals surface area (Å²) in [5.74, 6) is -0.0931. The molecule has 0 amide bonds. The third kappa shape index (κ3) is 8.92. The molecule has 36 heavy (non-hydrogen) atoms. The molecule has 0 aliphatic carbocycles. The lowest BCUT2D eigenvalue weighted by Crippen LogP contribution is -2.44. The topological polar surface area (TPSA) is 111 Å². The SMILES string of the molecule is CC(=O)Oc1ccc([C@H](NS(=O)C(C)(C)C)[C@@H](NS(=O)C(C)(C)C)c2ccc(OC(C)=O)cc2)cc1. The molecule has 2 unspecified atom stereocenters. The fourth-order valence-corrected chi connectivity index (χ4v) is 4.77. The minimum Gasteiger partial charge on any atom is -0.427 e. The molecule has 0 aromatic heterocycles. The number of carbonyl (C=O) groups excluding carboxylic acids is 2. The van der Waals surface area contributed by atoms with Crippen LogP contribution in [0.15, 0.2) is 48.5 Å². The molecule has 2 N–H and O–H groups in total. The number of esters is 2. The minimum atomic E-state index is -1.47. The molecule has 10 heteroatoms. The molecule has 4 atom stereocenters. The molecule has 0 radical (unpaired) electrons. The Kier molecular flexibility index (Phi) is 10.1. The number of carbonyl (C=O) groups is 2. The summed E-state index contributed by atoms with van der Waals surface area (Å²) >= 11 is 0. The Bertz CT molecular complexity index is 1010. The van der Waals surface area contributed by atoms with E-state index in [1.807, 2.05) is 41.5 Å². The third-order valence-electron chi connectivity index (χ3n) is 4.92. The van der Waals surface area contributed by atoms with Crippen molar-refractivity contribution in [3.8, 4) is 11.5 Å². The summed E-state index contributed by atoms with van der Waals surface area (Å²) in [6, 6.07) is 12.6. The van der Waals surface area contributed by atoms with E-state index in [0.29, 0.717) is 11.5 Å². The highest BCUT2D eigenvalue weighted by Crippen LogP contribution is 2.34. The van der Waals surface area contributed by atoms with Crippen LogP contribution in [0, 0.1) is 0 Å². The first-order chi connectivity index (χ1) is 16.6. The Morgan fingerprint density at radius 3 is 1.14 bits per heavy atom. The molecule has 0 fully saturated rings. The van der Waals surface area contributed by atoms with Gasteiger partial charge in [0.05, 0.1) is 43.5 Å². The van der Waals surface area contributed by atoms with Crippen LogP contribution in [0.1, 0.15) is 78.6 Å². The number of nitrogens with one attached hydrogen (secondary N) is 2. The third-order valence-corrected chi connectivity index (χ3v) is 8.08. The van der Waals surface area contributed by atoms with Crippen molar-refractivity contribution >= 4 is 33.9 Å². The first kappa shape index (κ1) is 29.8. The lowest BCUT2D eigenvalue weighted by molar-refractivity contribution is -0.132. The number of benzene rings is 2. The van der Waals surface area contributed by atoms with Gasteiger partial charge < -0.3 is 9.47 Å². The number of rotatable bonds is 9. The molecule has 2 aromatic rings. The van der Waals surface area contributed by atoms with Crippen LogP contribution in [0.3, 0.4) is 0 Å². The van der Waals surface area contributed by atoms with Gasteiger partial charge in [-0.2, -0.15) is 0 Å². The largest absolute Gasteiger partial charge is 0.427 e. The Labute approximate surface area is 218 Å².